The Morgan fingerprint density at radius 2 is 1.78 bits per heavy atom. The number of urea groups is 1. The number of nitrogens with zero attached hydrogens (tertiary/aromatic N) is 1. The van der Waals surface area contributed by atoms with E-state index in [9.17, 15) is 18.8 Å². The molecule has 1 atom stereocenters. The molecule has 0 bridgehead atoms. The van der Waals surface area contributed by atoms with Crippen molar-refractivity contribution in [1.82, 2.24) is 16.1 Å². The summed E-state index contributed by atoms with van der Waals surface area (Å²) in [5, 5.41) is 9.39. The van der Waals surface area contributed by atoms with E-state index in [0.717, 1.165) is 11.1 Å². The Kier molecular flexibility index (Phi) is 12.7. The number of allylic oxidation sites excluding steroid dienone is 2. The number of halogens is 1. The molecule has 0 saturated carbocycles. The summed E-state index contributed by atoms with van der Waals surface area (Å²) in [5.41, 5.74) is 5.85. The van der Waals surface area contributed by atoms with E-state index in [2.05, 4.69) is 27.7 Å². The van der Waals surface area contributed by atoms with Gasteiger partial charge in [0.15, 0.2) is 29.6 Å². The number of carbonyl (C=O) groups excluding carboxylic acids is 3. The van der Waals surface area contributed by atoms with Gasteiger partial charge in [0.25, 0.3) is 5.91 Å². The smallest absolute Gasteiger partial charge is 0.338 e. The molecule has 1 aliphatic heterocycles. The van der Waals surface area contributed by atoms with E-state index in [-0.39, 0.29) is 42.7 Å². The Morgan fingerprint density at radius 3 is 2.47 bits per heavy atom. The molecule has 4 rings (SSSR count). The van der Waals surface area contributed by atoms with Crippen LogP contribution in [0.4, 0.5) is 9.18 Å². The van der Waals surface area contributed by atoms with Crippen LogP contribution in [0.1, 0.15) is 49.1 Å². The van der Waals surface area contributed by atoms with Crippen molar-refractivity contribution in [3.63, 3.8) is 0 Å². The third-order valence-corrected chi connectivity index (χ3v) is 7.16. The Bertz CT molecular complexity index is 1740. The molecule has 0 radical (unpaired) electrons. The van der Waals surface area contributed by atoms with E-state index in [0.29, 0.717) is 41.4 Å². The first-order valence-corrected chi connectivity index (χ1v) is 15.5. The molecule has 13 heteroatoms. The molecule has 1 heterocycles. The fourth-order valence-corrected chi connectivity index (χ4v) is 4.99. The number of carbonyl (C=O) groups is 3. The number of nitrogens with one attached hydrogen (secondary N) is 3. The average Bonchev–Trinajstić information content (AvgIpc) is 3.07. The number of esters is 1. The van der Waals surface area contributed by atoms with Crippen molar-refractivity contribution in [2.45, 2.75) is 39.8 Å². The second kappa shape index (κ2) is 17.3. The Balaban J connectivity index is 1.42. The number of methoxy groups -OCH3 is 1. The van der Waals surface area contributed by atoms with Crippen LogP contribution in [0.3, 0.4) is 0 Å². The fraction of sp³-hybridized carbons (Fsp3) is 0.278. The van der Waals surface area contributed by atoms with E-state index in [1.165, 1.54) is 25.5 Å². The molecule has 0 aliphatic carbocycles. The van der Waals surface area contributed by atoms with E-state index in [1.807, 2.05) is 13.0 Å². The molecule has 3 N–H and O–H groups in total. The van der Waals surface area contributed by atoms with Gasteiger partial charge < -0.3 is 34.3 Å². The van der Waals surface area contributed by atoms with Crippen LogP contribution >= 0.6 is 0 Å². The molecule has 3 aromatic rings. The van der Waals surface area contributed by atoms with Crippen molar-refractivity contribution < 1.29 is 42.5 Å². The van der Waals surface area contributed by atoms with Gasteiger partial charge >= 0.3 is 12.0 Å². The molecule has 49 heavy (non-hydrogen) atoms. The fourth-order valence-electron chi connectivity index (χ4n) is 4.99. The van der Waals surface area contributed by atoms with E-state index >= 15 is 0 Å². The molecular formula is C36H39FN4O8. The quantitative estimate of drug-likeness (QED) is 0.0808. The lowest BCUT2D eigenvalue weighted by atomic mass is 9.95. The van der Waals surface area contributed by atoms with E-state index in [4.69, 9.17) is 23.7 Å². The van der Waals surface area contributed by atoms with Crippen LogP contribution in [-0.4, -0.2) is 51.1 Å². The van der Waals surface area contributed by atoms with Crippen LogP contribution in [0.5, 0.6) is 23.0 Å². The van der Waals surface area contributed by atoms with Crippen LogP contribution in [-0.2, 0) is 27.4 Å². The average molecular weight is 675 g/mol. The van der Waals surface area contributed by atoms with Gasteiger partial charge in [-0.25, -0.2) is 19.4 Å². The van der Waals surface area contributed by atoms with E-state index in [1.54, 1.807) is 56.3 Å². The third-order valence-electron chi connectivity index (χ3n) is 7.16. The summed E-state index contributed by atoms with van der Waals surface area (Å²) >= 11 is 0. The number of hydrazone groups is 1. The molecule has 0 saturated heterocycles. The molecule has 3 amide bonds. The van der Waals surface area contributed by atoms with Crippen molar-refractivity contribution >= 4 is 24.1 Å². The maximum Gasteiger partial charge on any atom is 0.338 e. The zero-order chi connectivity index (χ0) is 35.3. The minimum absolute atomic E-state index is 0.171. The summed E-state index contributed by atoms with van der Waals surface area (Å²) in [5.74, 6) is 0.134. The number of hydrogen-bond acceptors (Lipinski definition) is 9. The van der Waals surface area contributed by atoms with Crippen LogP contribution < -0.4 is 35.0 Å². The standard InChI is InChI=1S/C36H39FN4O8/c1-6-9-26-16-24(17-30(46-7-2)34(26)49-20-23-10-13-27(37)14-11-23)19-38-41-31(42)21-48-28-15-12-25(18-29(28)45-5)33-32(35(43)47-8-3)22(4)39-36(44)40-33/h6,10-19,33H,1,7-9,20-21H2,2-5H3,(H,41,42)(H2,39,40,44)/b38-19-/t33-/m1/s1. The lowest BCUT2D eigenvalue weighted by Gasteiger charge is -2.28. The summed E-state index contributed by atoms with van der Waals surface area (Å²) in [7, 11) is 1.43. The minimum Gasteiger partial charge on any atom is -0.493 e. The molecule has 1 aliphatic rings. The van der Waals surface area contributed by atoms with Crippen molar-refractivity contribution in [2.24, 2.45) is 5.10 Å². The summed E-state index contributed by atoms with van der Waals surface area (Å²) in [6, 6.07) is 13.2. The first-order valence-electron chi connectivity index (χ1n) is 15.5. The topological polar surface area (TPSA) is 146 Å². The highest BCUT2D eigenvalue weighted by Crippen LogP contribution is 2.36. The van der Waals surface area contributed by atoms with Crippen LogP contribution in [0.2, 0.25) is 0 Å². The Labute approximate surface area is 283 Å². The van der Waals surface area contributed by atoms with Crippen LogP contribution in [0.25, 0.3) is 0 Å². The summed E-state index contributed by atoms with van der Waals surface area (Å²) in [6.07, 6.45) is 3.68. The molecular weight excluding hydrogens is 635 g/mol. The van der Waals surface area contributed by atoms with Gasteiger partial charge in [-0.3, -0.25) is 4.79 Å². The van der Waals surface area contributed by atoms with Crippen molar-refractivity contribution in [1.29, 1.82) is 0 Å². The Morgan fingerprint density at radius 1 is 1.00 bits per heavy atom. The normalized spacial score (nSPS) is 14.1. The molecule has 0 unspecified atom stereocenters. The minimum atomic E-state index is -0.793. The highest BCUT2D eigenvalue weighted by molar-refractivity contribution is 5.95. The summed E-state index contributed by atoms with van der Waals surface area (Å²) in [6.45, 7) is 9.38. The van der Waals surface area contributed by atoms with Gasteiger partial charge in [-0.15, -0.1) is 6.58 Å². The molecule has 0 aromatic heterocycles. The number of benzene rings is 3. The van der Waals surface area contributed by atoms with Crippen molar-refractivity contribution in [2.75, 3.05) is 26.9 Å². The monoisotopic (exact) mass is 674 g/mol. The van der Waals surface area contributed by atoms with Crippen LogP contribution in [0.15, 0.2) is 83.6 Å². The molecule has 12 nitrogen and oxygen atoms in total. The van der Waals surface area contributed by atoms with Gasteiger partial charge in [-0.2, -0.15) is 5.10 Å². The summed E-state index contributed by atoms with van der Waals surface area (Å²) < 4.78 is 41.6. The lowest BCUT2D eigenvalue weighted by Crippen LogP contribution is -2.45. The first kappa shape index (κ1) is 36.0. The number of amides is 3. The molecule has 3 aromatic carbocycles. The second-order valence-corrected chi connectivity index (χ2v) is 10.6. The highest BCUT2D eigenvalue weighted by Gasteiger charge is 2.32. The van der Waals surface area contributed by atoms with Crippen molar-refractivity contribution in [3.8, 4) is 23.0 Å². The van der Waals surface area contributed by atoms with Crippen molar-refractivity contribution in [3.05, 3.63) is 107 Å². The van der Waals surface area contributed by atoms with Gasteiger partial charge in [0, 0.05) is 11.3 Å². The maximum atomic E-state index is 13.3. The van der Waals surface area contributed by atoms with Gasteiger partial charge in [0.05, 0.1) is 38.2 Å². The lowest BCUT2D eigenvalue weighted by molar-refractivity contribution is -0.139. The van der Waals surface area contributed by atoms with E-state index < -0.39 is 23.9 Å². The number of ether oxygens (including phenoxy) is 5. The number of rotatable bonds is 16. The zero-order valence-corrected chi connectivity index (χ0v) is 27.8. The number of hydrogen-bond donors (Lipinski definition) is 3. The zero-order valence-electron chi connectivity index (χ0n) is 27.8. The van der Waals surface area contributed by atoms with Gasteiger partial charge in [-0.05, 0) is 80.3 Å². The van der Waals surface area contributed by atoms with Crippen LogP contribution in [0, 0.1) is 5.82 Å². The first-order chi connectivity index (χ1) is 23.7. The highest BCUT2D eigenvalue weighted by atomic mass is 19.1. The molecule has 258 valence electrons. The summed E-state index contributed by atoms with van der Waals surface area (Å²) in [4.78, 5) is 37.5. The maximum absolute atomic E-state index is 13.3. The molecule has 0 fully saturated rings. The van der Waals surface area contributed by atoms with Gasteiger partial charge in [0.2, 0.25) is 0 Å². The Hall–Kier alpha value is -5.85. The predicted octanol–water partition coefficient (Wildman–Crippen LogP) is 5.26. The van der Waals surface area contributed by atoms with Gasteiger partial charge in [-0.1, -0.05) is 24.3 Å². The predicted molar refractivity (Wildman–Crippen MR) is 180 cm³/mol. The third kappa shape index (κ3) is 9.60. The SMILES string of the molecule is C=CCc1cc(/C=N\NC(=O)COc2ccc([C@H]3NC(=O)NC(C)=C3C(=O)OCC)cc2OC)cc(OCC)c1OCc1ccc(F)cc1. The van der Waals surface area contributed by atoms with Gasteiger partial charge in [0.1, 0.15) is 12.4 Å². The largest absolute Gasteiger partial charge is 0.493 e. The molecule has 0 spiro atoms. The second-order valence-electron chi connectivity index (χ2n) is 10.6.